The molecule has 1 aromatic carbocycles. The van der Waals surface area contributed by atoms with Crippen molar-refractivity contribution >= 4 is 11.9 Å². The molecule has 1 heterocycles. The summed E-state index contributed by atoms with van der Waals surface area (Å²) in [6.45, 7) is 2.05. The number of amides is 1. The molecule has 0 aliphatic carbocycles. The first-order valence-electron chi connectivity index (χ1n) is 6.44. The number of carbonyl (C=O) groups excluding carboxylic acids is 1. The van der Waals surface area contributed by atoms with E-state index in [0.717, 1.165) is 18.1 Å². The second-order valence-corrected chi connectivity index (χ2v) is 5.18. The van der Waals surface area contributed by atoms with Crippen LogP contribution in [0.1, 0.15) is 24.0 Å². The molecule has 0 fully saturated rings. The maximum absolute atomic E-state index is 12.2. The summed E-state index contributed by atoms with van der Waals surface area (Å²) in [6, 6.07) is 7.64. The van der Waals surface area contributed by atoms with E-state index < -0.39 is 11.6 Å². The average molecular weight is 278 g/mol. The van der Waals surface area contributed by atoms with Crippen LogP contribution in [0.15, 0.2) is 24.3 Å². The Morgan fingerprint density at radius 2 is 2.15 bits per heavy atom. The fourth-order valence-electron chi connectivity index (χ4n) is 2.19. The molecule has 6 heteroatoms. The highest BCUT2D eigenvalue weighted by Gasteiger charge is 2.32. The highest BCUT2D eigenvalue weighted by molar-refractivity contribution is 5.86. The standard InChI is InChI=1S/C14H18N2O4/c1-14(20,13(18)19)8-16-12(17)11-7-15-6-9-4-2-3-5-10(9)11/h2-5,11,15,20H,6-8H2,1H3,(H,16,17)(H,18,19). The topological polar surface area (TPSA) is 98.7 Å². The lowest BCUT2D eigenvalue weighted by atomic mass is 9.90. The number of carboxylic acids is 1. The number of carboxylic acid groups (broad SMARTS) is 1. The molecule has 0 radical (unpaired) electrons. The first-order chi connectivity index (χ1) is 9.42. The monoisotopic (exact) mass is 278 g/mol. The molecule has 0 saturated heterocycles. The summed E-state index contributed by atoms with van der Waals surface area (Å²) in [5.74, 6) is -2.02. The Hall–Kier alpha value is -1.92. The van der Waals surface area contributed by atoms with Crippen LogP contribution >= 0.6 is 0 Å². The number of carbonyl (C=O) groups is 2. The molecule has 0 bridgehead atoms. The first kappa shape index (κ1) is 14.5. The van der Waals surface area contributed by atoms with Crippen molar-refractivity contribution in [3.8, 4) is 0 Å². The van der Waals surface area contributed by atoms with Crippen LogP contribution in [-0.4, -0.2) is 40.8 Å². The average Bonchev–Trinajstić information content (AvgIpc) is 2.44. The van der Waals surface area contributed by atoms with Crippen LogP contribution in [0.2, 0.25) is 0 Å². The number of fused-ring (bicyclic) bond motifs is 1. The molecule has 2 rings (SSSR count). The molecule has 108 valence electrons. The Bertz CT molecular complexity index is 528. The normalized spacial score (nSPS) is 20.6. The van der Waals surface area contributed by atoms with Crippen molar-refractivity contribution < 1.29 is 19.8 Å². The van der Waals surface area contributed by atoms with Crippen molar-refractivity contribution in [3.05, 3.63) is 35.4 Å². The third-order valence-electron chi connectivity index (χ3n) is 3.48. The summed E-state index contributed by atoms with van der Waals surface area (Å²) >= 11 is 0. The van der Waals surface area contributed by atoms with E-state index in [1.54, 1.807) is 0 Å². The summed E-state index contributed by atoms with van der Waals surface area (Å²) in [5.41, 5.74) is 0.0414. The second kappa shape index (κ2) is 5.60. The zero-order valence-corrected chi connectivity index (χ0v) is 11.2. The highest BCUT2D eigenvalue weighted by Crippen LogP contribution is 2.23. The number of aliphatic carboxylic acids is 1. The molecule has 1 aliphatic rings. The summed E-state index contributed by atoms with van der Waals surface area (Å²) in [7, 11) is 0. The SMILES string of the molecule is CC(O)(CNC(=O)C1CNCc2ccccc21)C(=O)O. The molecule has 0 spiro atoms. The predicted octanol–water partition coefficient (Wildman–Crippen LogP) is -0.175. The van der Waals surface area contributed by atoms with Crippen LogP contribution in [0.4, 0.5) is 0 Å². The quantitative estimate of drug-likeness (QED) is 0.612. The molecule has 2 unspecified atom stereocenters. The first-order valence-corrected chi connectivity index (χ1v) is 6.44. The number of benzene rings is 1. The molecule has 4 N–H and O–H groups in total. The van der Waals surface area contributed by atoms with Crippen molar-refractivity contribution in [2.45, 2.75) is 25.0 Å². The van der Waals surface area contributed by atoms with E-state index in [4.69, 9.17) is 5.11 Å². The van der Waals surface area contributed by atoms with Gasteiger partial charge in [0.2, 0.25) is 5.91 Å². The van der Waals surface area contributed by atoms with Gasteiger partial charge in [-0.2, -0.15) is 0 Å². The Morgan fingerprint density at radius 1 is 1.45 bits per heavy atom. The zero-order chi connectivity index (χ0) is 14.8. The van der Waals surface area contributed by atoms with Crippen LogP contribution in [0.25, 0.3) is 0 Å². The van der Waals surface area contributed by atoms with Crippen molar-refractivity contribution in [3.63, 3.8) is 0 Å². The van der Waals surface area contributed by atoms with E-state index in [0.29, 0.717) is 13.1 Å². The molecule has 1 amide bonds. The minimum Gasteiger partial charge on any atom is -0.479 e. The van der Waals surface area contributed by atoms with E-state index in [1.165, 1.54) is 0 Å². The number of rotatable bonds is 4. The van der Waals surface area contributed by atoms with Gasteiger partial charge in [-0.3, -0.25) is 4.79 Å². The van der Waals surface area contributed by atoms with Crippen molar-refractivity contribution in [1.29, 1.82) is 0 Å². The van der Waals surface area contributed by atoms with Gasteiger partial charge >= 0.3 is 5.97 Å². The minimum atomic E-state index is -1.96. The van der Waals surface area contributed by atoms with Crippen LogP contribution in [-0.2, 0) is 16.1 Å². The van der Waals surface area contributed by atoms with Gasteiger partial charge < -0.3 is 20.8 Å². The Morgan fingerprint density at radius 3 is 2.85 bits per heavy atom. The summed E-state index contributed by atoms with van der Waals surface area (Å²) in [5, 5.41) is 24.1. The van der Waals surface area contributed by atoms with Gasteiger partial charge in [0.05, 0.1) is 12.5 Å². The molecule has 0 saturated carbocycles. The smallest absolute Gasteiger partial charge is 0.337 e. The number of aliphatic hydroxyl groups is 1. The lowest BCUT2D eigenvalue weighted by Gasteiger charge is -2.27. The third kappa shape index (κ3) is 2.97. The van der Waals surface area contributed by atoms with Crippen molar-refractivity contribution in [1.82, 2.24) is 10.6 Å². The van der Waals surface area contributed by atoms with Crippen LogP contribution < -0.4 is 10.6 Å². The van der Waals surface area contributed by atoms with E-state index >= 15 is 0 Å². The Labute approximate surface area is 116 Å². The molecular weight excluding hydrogens is 260 g/mol. The molecule has 20 heavy (non-hydrogen) atoms. The minimum absolute atomic E-state index is 0.286. The van der Waals surface area contributed by atoms with E-state index in [9.17, 15) is 14.7 Å². The van der Waals surface area contributed by atoms with Crippen LogP contribution in [0.3, 0.4) is 0 Å². The van der Waals surface area contributed by atoms with Crippen LogP contribution in [0, 0.1) is 0 Å². The fourth-order valence-corrected chi connectivity index (χ4v) is 2.19. The van der Waals surface area contributed by atoms with Crippen molar-refractivity contribution in [2.24, 2.45) is 0 Å². The Balaban J connectivity index is 2.06. The maximum atomic E-state index is 12.2. The molecule has 6 nitrogen and oxygen atoms in total. The molecule has 2 atom stereocenters. The van der Waals surface area contributed by atoms with Gasteiger partial charge in [0.15, 0.2) is 5.60 Å². The van der Waals surface area contributed by atoms with Gasteiger partial charge in [0.25, 0.3) is 0 Å². The van der Waals surface area contributed by atoms with Gasteiger partial charge in [0.1, 0.15) is 0 Å². The van der Waals surface area contributed by atoms with Gasteiger partial charge in [-0.1, -0.05) is 24.3 Å². The highest BCUT2D eigenvalue weighted by atomic mass is 16.4. The molecular formula is C14H18N2O4. The van der Waals surface area contributed by atoms with Crippen molar-refractivity contribution in [2.75, 3.05) is 13.1 Å². The summed E-state index contributed by atoms with van der Waals surface area (Å²) < 4.78 is 0. The van der Waals surface area contributed by atoms with E-state index in [2.05, 4.69) is 10.6 Å². The molecule has 1 aliphatic heterocycles. The number of hydrogen-bond acceptors (Lipinski definition) is 4. The van der Waals surface area contributed by atoms with Gasteiger partial charge in [-0.15, -0.1) is 0 Å². The number of hydrogen-bond donors (Lipinski definition) is 4. The van der Waals surface area contributed by atoms with Gasteiger partial charge in [-0.05, 0) is 18.1 Å². The largest absolute Gasteiger partial charge is 0.479 e. The van der Waals surface area contributed by atoms with E-state index in [1.807, 2.05) is 24.3 Å². The van der Waals surface area contributed by atoms with Gasteiger partial charge in [-0.25, -0.2) is 4.79 Å². The van der Waals surface area contributed by atoms with Gasteiger partial charge in [0, 0.05) is 13.1 Å². The second-order valence-electron chi connectivity index (χ2n) is 5.18. The third-order valence-corrected chi connectivity index (χ3v) is 3.48. The van der Waals surface area contributed by atoms with Crippen LogP contribution in [0.5, 0.6) is 0 Å². The molecule has 0 aromatic heterocycles. The lowest BCUT2D eigenvalue weighted by molar-refractivity contribution is -0.156. The summed E-state index contributed by atoms with van der Waals surface area (Å²) in [4.78, 5) is 23.0. The number of nitrogens with one attached hydrogen (secondary N) is 2. The fraction of sp³-hybridized carbons (Fsp3) is 0.429. The van der Waals surface area contributed by atoms with E-state index in [-0.39, 0.29) is 18.4 Å². The maximum Gasteiger partial charge on any atom is 0.337 e. The molecule has 1 aromatic rings. The Kier molecular flexibility index (Phi) is 4.06. The zero-order valence-electron chi connectivity index (χ0n) is 11.2. The summed E-state index contributed by atoms with van der Waals surface area (Å²) in [6.07, 6.45) is 0. The lowest BCUT2D eigenvalue weighted by Crippen LogP contribution is -2.49. The predicted molar refractivity (Wildman–Crippen MR) is 72.2 cm³/mol.